The average Bonchev–Trinajstić information content (AvgIpc) is 2.64. The molecule has 0 aliphatic carbocycles. The predicted molar refractivity (Wildman–Crippen MR) is 56.8 cm³/mol. The summed E-state index contributed by atoms with van der Waals surface area (Å²) in [4.78, 5) is 12.0. The van der Waals surface area contributed by atoms with Crippen molar-refractivity contribution in [1.29, 1.82) is 0 Å². The van der Waals surface area contributed by atoms with Crippen molar-refractivity contribution in [2.75, 3.05) is 12.3 Å². The standard InChI is InChI=1S/C9H11N5O/c10-8-7-9(12-5-11-8)14(6-13-7)3-1-2-4-15/h1,3,5-6,15H,2,4H2,(H2,10,11,12)/b3-1-. The fourth-order valence-corrected chi connectivity index (χ4v) is 1.24. The SMILES string of the molecule is Nc1ncnc2c1ncn2/C=C\CCO. The van der Waals surface area contributed by atoms with Crippen LogP contribution in [0.15, 0.2) is 18.7 Å². The van der Waals surface area contributed by atoms with Crippen LogP contribution >= 0.6 is 0 Å². The van der Waals surface area contributed by atoms with Gasteiger partial charge in [-0.05, 0) is 6.42 Å². The summed E-state index contributed by atoms with van der Waals surface area (Å²) in [6.07, 6.45) is 7.23. The number of hydrogen-bond acceptors (Lipinski definition) is 5. The second-order valence-corrected chi connectivity index (χ2v) is 2.98. The van der Waals surface area contributed by atoms with Crippen molar-refractivity contribution >= 4 is 23.2 Å². The van der Waals surface area contributed by atoms with Gasteiger partial charge in [-0.15, -0.1) is 0 Å². The average molecular weight is 205 g/mol. The first kappa shape index (κ1) is 9.60. The van der Waals surface area contributed by atoms with E-state index in [2.05, 4.69) is 15.0 Å². The molecule has 0 radical (unpaired) electrons. The summed E-state index contributed by atoms with van der Waals surface area (Å²) in [5, 5.41) is 8.63. The molecule has 2 aromatic rings. The summed E-state index contributed by atoms with van der Waals surface area (Å²) < 4.78 is 1.74. The molecule has 0 aliphatic rings. The molecule has 0 spiro atoms. The Bertz CT molecular complexity index is 490. The molecule has 0 unspecified atom stereocenters. The Morgan fingerprint density at radius 1 is 1.40 bits per heavy atom. The van der Waals surface area contributed by atoms with Gasteiger partial charge in [0, 0.05) is 12.8 Å². The van der Waals surface area contributed by atoms with Gasteiger partial charge in [0.2, 0.25) is 0 Å². The minimum Gasteiger partial charge on any atom is -0.396 e. The van der Waals surface area contributed by atoms with Crippen LogP contribution < -0.4 is 5.73 Å². The van der Waals surface area contributed by atoms with Crippen molar-refractivity contribution in [2.45, 2.75) is 6.42 Å². The van der Waals surface area contributed by atoms with Crippen LogP contribution in [0.5, 0.6) is 0 Å². The summed E-state index contributed by atoms with van der Waals surface area (Å²) in [5.74, 6) is 0.370. The normalized spacial score (nSPS) is 11.5. The van der Waals surface area contributed by atoms with Crippen LogP contribution in [0, 0.1) is 0 Å². The van der Waals surface area contributed by atoms with Gasteiger partial charge in [-0.25, -0.2) is 15.0 Å². The molecule has 6 heteroatoms. The first-order valence-corrected chi connectivity index (χ1v) is 4.53. The van der Waals surface area contributed by atoms with Gasteiger partial charge in [-0.1, -0.05) is 6.08 Å². The lowest BCUT2D eigenvalue weighted by Gasteiger charge is -1.95. The number of nitrogens with zero attached hydrogens (tertiary/aromatic N) is 4. The van der Waals surface area contributed by atoms with Crippen molar-refractivity contribution in [3.8, 4) is 0 Å². The summed E-state index contributed by atoms with van der Waals surface area (Å²) in [5.41, 5.74) is 6.89. The van der Waals surface area contributed by atoms with Crippen LogP contribution in [-0.4, -0.2) is 31.2 Å². The monoisotopic (exact) mass is 205 g/mol. The Labute approximate surface area is 86.1 Å². The number of aromatic nitrogens is 4. The highest BCUT2D eigenvalue weighted by Gasteiger charge is 2.04. The molecule has 0 aliphatic heterocycles. The number of fused-ring (bicyclic) bond motifs is 1. The second kappa shape index (κ2) is 4.05. The molecule has 0 saturated heterocycles. The first-order valence-electron chi connectivity index (χ1n) is 4.53. The van der Waals surface area contributed by atoms with E-state index in [0.29, 0.717) is 23.4 Å². The topological polar surface area (TPSA) is 89.9 Å². The molecule has 6 nitrogen and oxygen atoms in total. The van der Waals surface area contributed by atoms with Crippen LogP contribution in [0.1, 0.15) is 6.42 Å². The van der Waals surface area contributed by atoms with Gasteiger partial charge >= 0.3 is 0 Å². The van der Waals surface area contributed by atoms with Crippen molar-refractivity contribution in [3.63, 3.8) is 0 Å². The summed E-state index contributed by atoms with van der Waals surface area (Å²) in [6, 6.07) is 0. The van der Waals surface area contributed by atoms with Crippen molar-refractivity contribution in [1.82, 2.24) is 19.5 Å². The molecule has 2 heterocycles. The third-order valence-corrected chi connectivity index (χ3v) is 1.95. The lowest BCUT2D eigenvalue weighted by atomic mass is 10.4. The smallest absolute Gasteiger partial charge is 0.169 e. The minimum absolute atomic E-state index is 0.125. The molecule has 3 N–H and O–H groups in total. The van der Waals surface area contributed by atoms with E-state index in [0.717, 1.165) is 0 Å². The fourth-order valence-electron chi connectivity index (χ4n) is 1.24. The number of anilines is 1. The Morgan fingerprint density at radius 2 is 2.27 bits per heavy atom. The molecule has 0 fully saturated rings. The zero-order valence-corrected chi connectivity index (χ0v) is 8.04. The van der Waals surface area contributed by atoms with E-state index in [-0.39, 0.29) is 6.61 Å². The summed E-state index contributed by atoms with van der Waals surface area (Å²) in [6.45, 7) is 0.125. The lowest BCUT2D eigenvalue weighted by molar-refractivity contribution is 0.303. The van der Waals surface area contributed by atoms with E-state index in [1.54, 1.807) is 17.1 Å². The van der Waals surface area contributed by atoms with Crippen LogP contribution in [0.3, 0.4) is 0 Å². The fraction of sp³-hybridized carbons (Fsp3) is 0.222. The summed E-state index contributed by atoms with van der Waals surface area (Å²) in [7, 11) is 0. The molecule has 0 amide bonds. The Kier molecular flexibility index (Phi) is 2.59. The minimum atomic E-state index is 0.125. The number of rotatable bonds is 3. The first-order chi connectivity index (χ1) is 7.33. The zero-order valence-electron chi connectivity index (χ0n) is 8.04. The van der Waals surface area contributed by atoms with Gasteiger partial charge in [0.25, 0.3) is 0 Å². The van der Waals surface area contributed by atoms with Gasteiger partial charge in [0.1, 0.15) is 12.7 Å². The molecule has 0 atom stereocenters. The second-order valence-electron chi connectivity index (χ2n) is 2.98. The van der Waals surface area contributed by atoms with Crippen molar-refractivity contribution in [3.05, 3.63) is 18.7 Å². The molecule has 78 valence electrons. The maximum absolute atomic E-state index is 8.63. The van der Waals surface area contributed by atoms with Gasteiger partial charge in [0.15, 0.2) is 17.0 Å². The quantitative estimate of drug-likeness (QED) is 0.750. The molecule has 2 aromatic heterocycles. The maximum Gasteiger partial charge on any atom is 0.169 e. The van der Waals surface area contributed by atoms with Gasteiger partial charge in [0.05, 0.1) is 0 Å². The highest BCUT2D eigenvalue weighted by molar-refractivity contribution is 5.82. The van der Waals surface area contributed by atoms with Gasteiger partial charge in [-0.3, -0.25) is 4.57 Å². The van der Waals surface area contributed by atoms with E-state index < -0.39 is 0 Å². The predicted octanol–water partition coefficient (Wildman–Crippen LogP) is 0.262. The molecular formula is C9H11N5O. The summed E-state index contributed by atoms with van der Waals surface area (Å²) >= 11 is 0. The Hall–Kier alpha value is -1.95. The van der Waals surface area contributed by atoms with Crippen LogP contribution in [0.4, 0.5) is 5.82 Å². The highest BCUT2D eigenvalue weighted by Crippen LogP contribution is 2.14. The van der Waals surface area contributed by atoms with Gasteiger partial charge in [-0.2, -0.15) is 0 Å². The maximum atomic E-state index is 8.63. The third kappa shape index (κ3) is 1.79. The van der Waals surface area contributed by atoms with Crippen molar-refractivity contribution in [2.24, 2.45) is 0 Å². The third-order valence-electron chi connectivity index (χ3n) is 1.95. The number of nitrogen functional groups attached to an aromatic ring is 1. The zero-order chi connectivity index (χ0) is 10.7. The van der Waals surface area contributed by atoms with Gasteiger partial charge < -0.3 is 10.8 Å². The van der Waals surface area contributed by atoms with Crippen LogP contribution in [0.25, 0.3) is 17.4 Å². The van der Waals surface area contributed by atoms with E-state index in [1.165, 1.54) is 6.33 Å². The van der Waals surface area contributed by atoms with Crippen LogP contribution in [-0.2, 0) is 0 Å². The highest BCUT2D eigenvalue weighted by atomic mass is 16.2. The number of aliphatic hydroxyl groups excluding tert-OH is 1. The van der Waals surface area contributed by atoms with E-state index in [1.807, 2.05) is 6.08 Å². The number of aliphatic hydroxyl groups is 1. The molecule has 2 rings (SSSR count). The van der Waals surface area contributed by atoms with Crippen LogP contribution in [0.2, 0.25) is 0 Å². The molecule has 0 saturated carbocycles. The Balaban J connectivity index is 2.41. The number of nitrogens with two attached hydrogens (primary N) is 1. The molecule has 0 bridgehead atoms. The van der Waals surface area contributed by atoms with E-state index in [4.69, 9.17) is 10.8 Å². The lowest BCUT2D eigenvalue weighted by Crippen LogP contribution is -1.94. The van der Waals surface area contributed by atoms with Crippen molar-refractivity contribution < 1.29 is 5.11 Å². The number of imidazole rings is 1. The van der Waals surface area contributed by atoms with E-state index in [9.17, 15) is 0 Å². The largest absolute Gasteiger partial charge is 0.396 e. The number of hydrogen-bond donors (Lipinski definition) is 2. The molecule has 0 aromatic carbocycles. The molecular weight excluding hydrogens is 194 g/mol. The Morgan fingerprint density at radius 3 is 3.07 bits per heavy atom. The van der Waals surface area contributed by atoms with E-state index >= 15 is 0 Å². The molecule has 15 heavy (non-hydrogen) atoms.